The van der Waals surface area contributed by atoms with Crippen LogP contribution >= 0.6 is 0 Å². The lowest BCUT2D eigenvalue weighted by Gasteiger charge is -2.25. The van der Waals surface area contributed by atoms with Crippen LogP contribution < -0.4 is 0 Å². The van der Waals surface area contributed by atoms with E-state index in [4.69, 9.17) is 0 Å². The summed E-state index contributed by atoms with van der Waals surface area (Å²) in [4.78, 5) is 0. The van der Waals surface area contributed by atoms with Crippen LogP contribution in [-0.4, -0.2) is 0 Å². The Kier molecular flexibility index (Phi) is 6.58. The maximum absolute atomic E-state index is 2.46. The molecule has 2 aromatic rings. The summed E-state index contributed by atoms with van der Waals surface area (Å²) in [7, 11) is 0. The second kappa shape index (κ2) is 9.90. The van der Waals surface area contributed by atoms with Crippen molar-refractivity contribution in [2.24, 2.45) is 5.92 Å². The van der Waals surface area contributed by atoms with E-state index in [9.17, 15) is 0 Å². The fourth-order valence-electron chi connectivity index (χ4n) is 5.61. The summed E-state index contributed by atoms with van der Waals surface area (Å²) in [5, 5.41) is 0. The Morgan fingerprint density at radius 2 is 1.56 bits per heavy atom. The lowest BCUT2D eigenvalue weighted by Crippen LogP contribution is -2.10. The van der Waals surface area contributed by atoms with Crippen molar-refractivity contribution in [2.45, 2.75) is 71.1 Å². The molecule has 0 spiro atoms. The summed E-state index contributed by atoms with van der Waals surface area (Å²) in [6, 6.07) is 16.6. The summed E-state index contributed by atoms with van der Waals surface area (Å²) in [5.74, 6) is 0.414. The highest BCUT2D eigenvalue weighted by Gasteiger charge is 2.26. The molecular formula is C32H36. The summed E-state index contributed by atoms with van der Waals surface area (Å²) >= 11 is 0. The maximum atomic E-state index is 2.46. The molecule has 0 amide bonds. The highest BCUT2D eigenvalue weighted by atomic mass is 14.3. The van der Waals surface area contributed by atoms with Gasteiger partial charge in [-0.15, -0.1) is 0 Å². The average molecular weight is 421 g/mol. The smallest absolute Gasteiger partial charge is 0.0281 e. The summed E-state index contributed by atoms with van der Waals surface area (Å²) in [6.45, 7) is 2.28. The minimum atomic E-state index is 0.414. The molecule has 5 rings (SSSR count). The molecule has 0 saturated carbocycles. The average Bonchev–Trinajstić information content (AvgIpc) is 3.50. The summed E-state index contributed by atoms with van der Waals surface area (Å²) in [6.07, 6.45) is 24.5. The normalized spacial score (nSPS) is 18.8. The number of rotatable bonds is 9. The first kappa shape index (κ1) is 21.3. The number of allylic oxidation sites excluding steroid dienone is 8. The Morgan fingerprint density at radius 3 is 2.44 bits per heavy atom. The Hall–Kier alpha value is -2.60. The number of benzene rings is 2. The third kappa shape index (κ3) is 4.60. The monoisotopic (exact) mass is 420 g/mol. The molecule has 3 aliphatic carbocycles. The van der Waals surface area contributed by atoms with Crippen LogP contribution in [-0.2, 0) is 25.7 Å². The van der Waals surface area contributed by atoms with Gasteiger partial charge in [0.25, 0.3) is 0 Å². The van der Waals surface area contributed by atoms with Crippen LogP contribution in [0.5, 0.6) is 0 Å². The van der Waals surface area contributed by atoms with E-state index in [1.807, 2.05) is 0 Å². The number of aryl methyl sites for hydroxylation is 3. The first-order chi connectivity index (χ1) is 15.8. The zero-order valence-electron chi connectivity index (χ0n) is 19.6. The third-order valence-electron chi connectivity index (χ3n) is 7.50. The Labute approximate surface area is 194 Å². The van der Waals surface area contributed by atoms with Crippen LogP contribution in [0, 0.1) is 5.92 Å². The minimum absolute atomic E-state index is 0.414. The molecule has 0 heteroatoms. The molecule has 1 unspecified atom stereocenters. The zero-order valence-corrected chi connectivity index (χ0v) is 19.6. The molecule has 0 aromatic heterocycles. The van der Waals surface area contributed by atoms with Crippen molar-refractivity contribution >= 4 is 5.57 Å². The van der Waals surface area contributed by atoms with Gasteiger partial charge in [-0.05, 0) is 83.1 Å². The highest BCUT2D eigenvalue weighted by molar-refractivity contribution is 5.79. The molecule has 0 nitrogen and oxygen atoms in total. The molecule has 0 aliphatic heterocycles. The van der Waals surface area contributed by atoms with Gasteiger partial charge in [-0.3, -0.25) is 0 Å². The SMILES string of the molecule is CCCCCCCc1ccc(CC2=CC=C(c3ccc4c(c3)CCC4)C3C=CC=C23)cc1. The predicted octanol–water partition coefficient (Wildman–Crippen LogP) is 8.37. The topological polar surface area (TPSA) is 0 Å². The van der Waals surface area contributed by atoms with Gasteiger partial charge < -0.3 is 0 Å². The van der Waals surface area contributed by atoms with E-state index in [0.717, 1.165) is 6.42 Å². The van der Waals surface area contributed by atoms with Crippen molar-refractivity contribution < 1.29 is 0 Å². The van der Waals surface area contributed by atoms with Gasteiger partial charge in [-0.2, -0.15) is 0 Å². The van der Waals surface area contributed by atoms with E-state index in [0.29, 0.717) is 5.92 Å². The molecule has 3 aliphatic rings. The third-order valence-corrected chi connectivity index (χ3v) is 7.50. The first-order valence-electron chi connectivity index (χ1n) is 12.8. The minimum Gasteiger partial charge on any atom is -0.0726 e. The van der Waals surface area contributed by atoms with Crippen molar-refractivity contribution in [3.05, 3.63) is 112 Å². The van der Waals surface area contributed by atoms with E-state index in [1.165, 1.54) is 91.2 Å². The van der Waals surface area contributed by atoms with Gasteiger partial charge in [0.1, 0.15) is 0 Å². The molecule has 1 atom stereocenters. The Balaban J connectivity index is 1.27. The highest BCUT2D eigenvalue weighted by Crippen LogP contribution is 2.42. The van der Waals surface area contributed by atoms with Crippen LogP contribution in [0.25, 0.3) is 5.57 Å². The Morgan fingerprint density at radius 1 is 0.750 bits per heavy atom. The number of hydrogen-bond donors (Lipinski definition) is 0. The van der Waals surface area contributed by atoms with Crippen molar-refractivity contribution in [3.8, 4) is 0 Å². The summed E-state index contributed by atoms with van der Waals surface area (Å²) < 4.78 is 0. The molecule has 0 heterocycles. The molecule has 0 radical (unpaired) electrons. The van der Waals surface area contributed by atoms with Gasteiger partial charge in [-0.1, -0.05) is 105 Å². The second-order valence-corrected chi connectivity index (χ2v) is 9.79. The largest absolute Gasteiger partial charge is 0.0726 e. The number of unbranched alkanes of at least 4 members (excludes halogenated alkanes) is 4. The van der Waals surface area contributed by atoms with E-state index in [1.54, 1.807) is 11.1 Å². The molecule has 2 aromatic carbocycles. The molecule has 164 valence electrons. The van der Waals surface area contributed by atoms with Crippen LogP contribution in [0.2, 0.25) is 0 Å². The van der Waals surface area contributed by atoms with Crippen LogP contribution in [0.4, 0.5) is 0 Å². The molecule has 32 heavy (non-hydrogen) atoms. The van der Waals surface area contributed by atoms with Crippen LogP contribution in [0.1, 0.15) is 73.3 Å². The van der Waals surface area contributed by atoms with E-state index >= 15 is 0 Å². The van der Waals surface area contributed by atoms with Gasteiger partial charge in [0.05, 0.1) is 0 Å². The molecule has 0 saturated heterocycles. The lowest BCUT2D eigenvalue weighted by atomic mass is 9.79. The van der Waals surface area contributed by atoms with Gasteiger partial charge in [0.15, 0.2) is 0 Å². The predicted molar refractivity (Wildman–Crippen MR) is 138 cm³/mol. The van der Waals surface area contributed by atoms with Gasteiger partial charge in [0, 0.05) is 5.92 Å². The Bertz CT molecular complexity index is 1070. The van der Waals surface area contributed by atoms with Crippen molar-refractivity contribution in [2.75, 3.05) is 0 Å². The number of fused-ring (bicyclic) bond motifs is 2. The number of hydrogen-bond acceptors (Lipinski definition) is 0. The standard InChI is InChI=1S/C32H36/c1-2-3-4-5-6-9-24-14-16-25(17-15-24)22-28-20-21-31(32-13-8-12-30(28)32)29-19-18-26-10-7-11-27(26)23-29/h8,12-21,23,32H,2-7,9-11,22H2,1H3. The molecule has 0 N–H and O–H groups in total. The quantitative estimate of drug-likeness (QED) is 0.357. The van der Waals surface area contributed by atoms with Crippen molar-refractivity contribution in [1.29, 1.82) is 0 Å². The first-order valence-corrected chi connectivity index (χ1v) is 12.8. The van der Waals surface area contributed by atoms with Crippen molar-refractivity contribution in [3.63, 3.8) is 0 Å². The van der Waals surface area contributed by atoms with Gasteiger partial charge in [-0.25, -0.2) is 0 Å². The maximum Gasteiger partial charge on any atom is 0.0281 e. The van der Waals surface area contributed by atoms with E-state index in [2.05, 4.69) is 79.8 Å². The van der Waals surface area contributed by atoms with Crippen molar-refractivity contribution in [1.82, 2.24) is 0 Å². The van der Waals surface area contributed by atoms with Crippen LogP contribution in [0.15, 0.2) is 84.0 Å². The molecule has 0 fully saturated rings. The molecular weight excluding hydrogens is 384 g/mol. The fourth-order valence-corrected chi connectivity index (χ4v) is 5.61. The van der Waals surface area contributed by atoms with Gasteiger partial charge in [0.2, 0.25) is 0 Å². The lowest BCUT2D eigenvalue weighted by molar-refractivity contribution is 0.632. The van der Waals surface area contributed by atoms with E-state index < -0.39 is 0 Å². The fraction of sp³-hybridized carbons (Fsp3) is 0.375. The zero-order chi connectivity index (χ0) is 21.8. The second-order valence-electron chi connectivity index (χ2n) is 9.79. The molecule has 0 bridgehead atoms. The van der Waals surface area contributed by atoms with Gasteiger partial charge >= 0.3 is 0 Å². The van der Waals surface area contributed by atoms with Crippen LogP contribution in [0.3, 0.4) is 0 Å². The van der Waals surface area contributed by atoms with E-state index in [-0.39, 0.29) is 0 Å². The summed E-state index contributed by atoms with van der Waals surface area (Å²) in [5.41, 5.74) is 11.9.